The molecule has 1 aromatic rings. The van der Waals surface area contributed by atoms with Crippen LogP contribution in [0.5, 0.6) is 11.5 Å². The minimum atomic E-state index is 0. The Morgan fingerprint density at radius 2 is 1.91 bits per heavy atom. The van der Waals surface area contributed by atoms with Crippen LogP contribution in [0.15, 0.2) is 18.2 Å². The van der Waals surface area contributed by atoms with Gasteiger partial charge in [0.25, 0.3) is 0 Å². The Kier molecular flexibility index (Phi) is 11.4. The molecule has 0 spiro atoms. The molecule has 0 amide bonds. The lowest BCUT2D eigenvalue weighted by Gasteiger charge is -2.35. The van der Waals surface area contributed by atoms with Crippen LogP contribution in [0.3, 0.4) is 0 Å². The van der Waals surface area contributed by atoms with Gasteiger partial charge in [-0.1, -0.05) is 26.2 Å². The van der Waals surface area contributed by atoms with Crippen LogP contribution in [0, 0.1) is 0 Å². The van der Waals surface area contributed by atoms with Crippen molar-refractivity contribution in [2.75, 3.05) is 33.3 Å². The summed E-state index contributed by atoms with van der Waals surface area (Å²) in [6.07, 6.45) is 4.75. The topological polar surface area (TPSA) is 44.7 Å². The Morgan fingerprint density at radius 3 is 2.52 bits per heavy atom. The van der Waals surface area contributed by atoms with Crippen LogP contribution in [-0.2, 0) is 0 Å². The fourth-order valence-corrected chi connectivity index (χ4v) is 3.04. The van der Waals surface area contributed by atoms with Crippen molar-refractivity contribution < 1.29 is 9.84 Å². The molecule has 1 fully saturated rings. The number of hydrogen-bond acceptors (Lipinski definition) is 4. The molecule has 1 aromatic carbocycles. The second-order valence-electron chi connectivity index (χ2n) is 5.72. The molecule has 0 aliphatic carbocycles. The summed E-state index contributed by atoms with van der Waals surface area (Å²) in [5.74, 6) is 1.20. The van der Waals surface area contributed by atoms with E-state index in [0.717, 1.165) is 43.9 Å². The number of methoxy groups -OCH3 is 1. The summed E-state index contributed by atoms with van der Waals surface area (Å²) < 4.78 is 5.33. The summed E-state index contributed by atoms with van der Waals surface area (Å²) >= 11 is 0. The summed E-state index contributed by atoms with van der Waals surface area (Å²) in [5, 5.41) is 13.7. The van der Waals surface area contributed by atoms with Crippen LogP contribution in [-0.4, -0.2) is 43.3 Å². The third kappa shape index (κ3) is 6.38. The molecule has 2 N–H and O–H groups in total. The molecule has 1 aliphatic rings. The summed E-state index contributed by atoms with van der Waals surface area (Å²) in [5.41, 5.74) is 1.01. The molecule has 0 bridgehead atoms. The fourth-order valence-electron chi connectivity index (χ4n) is 3.04. The van der Waals surface area contributed by atoms with E-state index in [1.54, 1.807) is 13.2 Å². The molecule has 1 atom stereocenters. The molecular weight excluding hydrogens is 335 g/mol. The Morgan fingerprint density at radius 1 is 1.22 bits per heavy atom. The molecule has 6 heteroatoms. The molecule has 23 heavy (non-hydrogen) atoms. The molecule has 1 saturated heterocycles. The van der Waals surface area contributed by atoms with Crippen molar-refractivity contribution in [1.82, 2.24) is 10.2 Å². The van der Waals surface area contributed by atoms with Crippen molar-refractivity contribution in [3.05, 3.63) is 23.8 Å². The van der Waals surface area contributed by atoms with E-state index < -0.39 is 0 Å². The predicted octanol–water partition coefficient (Wildman–Crippen LogP) is 3.77. The van der Waals surface area contributed by atoms with Crippen LogP contribution < -0.4 is 10.1 Å². The van der Waals surface area contributed by atoms with Gasteiger partial charge in [-0.15, -0.1) is 24.8 Å². The third-order valence-corrected chi connectivity index (χ3v) is 4.27. The van der Waals surface area contributed by atoms with Crippen LogP contribution in [0.25, 0.3) is 0 Å². The minimum Gasteiger partial charge on any atom is -0.508 e. The Hall–Kier alpha value is -0.680. The number of rotatable bonds is 7. The number of phenols is 1. The smallest absolute Gasteiger partial charge is 0.120 e. The molecule has 0 aromatic heterocycles. The number of piperazine rings is 1. The van der Waals surface area contributed by atoms with Gasteiger partial charge in [-0.05, 0) is 24.6 Å². The Bertz CT molecular complexity index is 441. The largest absolute Gasteiger partial charge is 0.508 e. The van der Waals surface area contributed by atoms with E-state index in [1.165, 1.54) is 19.3 Å². The number of hydrogen-bond donors (Lipinski definition) is 2. The van der Waals surface area contributed by atoms with Crippen molar-refractivity contribution in [3.63, 3.8) is 0 Å². The third-order valence-electron chi connectivity index (χ3n) is 4.27. The van der Waals surface area contributed by atoms with Crippen molar-refractivity contribution in [3.8, 4) is 11.5 Å². The maximum atomic E-state index is 10.3. The summed E-state index contributed by atoms with van der Waals surface area (Å²) in [6.45, 7) is 6.34. The lowest BCUT2D eigenvalue weighted by Crippen LogP contribution is -2.45. The van der Waals surface area contributed by atoms with E-state index in [0.29, 0.717) is 5.75 Å². The molecule has 0 saturated carbocycles. The number of unbranched alkanes of at least 4 members (excludes halogenated alkanes) is 2. The Balaban J connectivity index is 0.00000242. The van der Waals surface area contributed by atoms with Gasteiger partial charge in [-0.2, -0.15) is 0 Å². The van der Waals surface area contributed by atoms with Crippen LogP contribution in [0.4, 0.5) is 0 Å². The number of ether oxygens (including phenoxy) is 1. The first-order valence-electron chi connectivity index (χ1n) is 8.08. The number of nitrogens with one attached hydrogen (secondary N) is 1. The standard InChI is InChI=1S/C17H28N2O2.2ClH/c1-3-4-5-6-16(19-11-9-18-10-12-19)15-13-14(21-2)7-8-17(15)20;;/h7-8,13,16,18,20H,3-6,9-12H2,1-2H3;2*1H/t16-;;/m1../s1. The van der Waals surface area contributed by atoms with Gasteiger partial charge in [0, 0.05) is 37.8 Å². The highest BCUT2D eigenvalue weighted by Gasteiger charge is 2.24. The molecule has 134 valence electrons. The highest BCUT2D eigenvalue weighted by atomic mass is 35.5. The predicted molar refractivity (Wildman–Crippen MR) is 100 cm³/mol. The van der Waals surface area contributed by atoms with Crippen LogP contribution in [0.1, 0.15) is 44.2 Å². The van der Waals surface area contributed by atoms with Gasteiger partial charge in [-0.25, -0.2) is 0 Å². The monoisotopic (exact) mass is 364 g/mol. The van der Waals surface area contributed by atoms with Gasteiger partial charge >= 0.3 is 0 Å². The number of halogens is 2. The molecule has 4 nitrogen and oxygen atoms in total. The van der Waals surface area contributed by atoms with Crippen LogP contribution >= 0.6 is 24.8 Å². The van der Waals surface area contributed by atoms with E-state index >= 15 is 0 Å². The number of benzene rings is 1. The van der Waals surface area contributed by atoms with E-state index in [-0.39, 0.29) is 30.9 Å². The molecule has 0 unspecified atom stereocenters. The van der Waals surface area contributed by atoms with Gasteiger partial charge in [0.05, 0.1) is 7.11 Å². The summed E-state index contributed by atoms with van der Waals surface area (Å²) in [6, 6.07) is 5.85. The summed E-state index contributed by atoms with van der Waals surface area (Å²) in [7, 11) is 1.67. The van der Waals surface area contributed by atoms with E-state index in [1.807, 2.05) is 12.1 Å². The van der Waals surface area contributed by atoms with E-state index in [4.69, 9.17) is 4.74 Å². The van der Waals surface area contributed by atoms with Gasteiger partial charge in [0.15, 0.2) is 0 Å². The minimum absolute atomic E-state index is 0. The average molecular weight is 365 g/mol. The van der Waals surface area contributed by atoms with Crippen molar-refractivity contribution >= 4 is 24.8 Å². The molecular formula is C17H30Cl2N2O2. The molecule has 1 heterocycles. The zero-order valence-electron chi connectivity index (χ0n) is 14.1. The van der Waals surface area contributed by atoms with E-state index in [9.17, 15) is 5.11 Å². The quantitative estimate of drug-likeness (QED) is 0.722. The zero-order chi connectivity index (χ0) is 15.1. The van der Waals surface area contributed by atoms with Crippen molar-refractivity contribution in [1.29, 1.82) is 0 Å². The highest BCUT2D eigenvalue weighted by Crippen LogP contribution is 2.35. The number of aromatic hydroxyl groups is 1. The first kappa shape index (κ1) is 22.3. The van der Waals surface area contributed by atoms with Gasteiger partial charge in [0.1, 0.15) is 11.5 Å². The van der Waals surface area contributed by atoms with Gasteiger partial charge < -0.3 is 15.2 Å². The molecule has 1 aliphatic heterocycles. The number of nitrogens with zero attached hydrogens (tertiary/aromatic N) is 1. The SMILES string of the molecule is CCCCC[C@H](c1cc(OC)ccc1O)N1CCNCC1.Cl.Cl. The maximum absolute atomic E-state index is 10.3. The second-order valence-corrected chi connectivity index (χ2v) is 5.72. The zero-order valence-corrected chi connectivity index (χ0v) is 15.7. The summed E-state index contributed by atoms with van der Waals surface area (Å²) in [4.78, 5) is 2.49. The van der Waals surface area contributed by atoms with Crippen LogP contribution in [0.2, 0.25) is 0 Å². The Labute approximate surface area is 152 Å². The molecule has 2 rings (SSSR count). The maximum Gasteiger partial charge on any atom is 0.120 e. The molecule has 0 radical (unpaired) electrons. The first-order valence-corrected chi connectivity index (χ1v) is 8.08. The van der Waals surface area contributed by atoms with Gasteiger partial charge in [-0.3, -0.25) is 4.90 Å². The lowest BCUT2D eigenvalue weighted by molar-refractivity contribution is 0.160. The first-order chi connectivity index (χ1) is 10.3. The van der Waals surface area contributed by atoms with Crippen molar-refractivity contribution in [2.24, 2.45) is 0 Å². The highest BCUT2D eigenvalue weighted by molar-refractivity contribution is 5.85. The fraction of sp³-hybridized carbons (Fsp3) is 0.647. The average Bonchev–Trinajstić information content (AvgIpc) is 2.53. The van der Waals surface area contributed by atoms with E-state index in [2.05, 4.69) is 17.1 Å². The lowest BCUT2D eigenvalue weighted by atomic mass is 9.97. The van der Waals surface area contributed by atoms with Crippen molar-refractivity contribution in [2.45, 2.75) is 38.6 Å². The second kappa shape index (κ2) is 11.8. The van der Waals surface area contributed by atoms with Gasteiger partial charge in [0.2, 0.25) is 0 Å². The normalized spacial score (nSPS) is 16.1. The number of phenolic OH excluding ortho intramolecular Hbond substituents is 1.